The normalized spacial score (nSPS) is 11.1. The van der Waals surface area contributed by atoms with Crippen molar-refractivity contribution in [2.75, 3.05) is 30.5 Å². The summed E-state index contributed by atoms with van der Waals surface area (Å²) in [5, 5.41) is 5.61. The van der Waals surface area contributed by atoms with Crippen LogP contribution in [0.4, 0.5) is 11.6 Å². The molecule has 0 radical (unpaired) electrons. The van der Waals surface area contributed by atoms with Gasteiger partial charge in [-0.3, -0.25) is 9.59 Å². The molecule has 360 valence electrons. The van der Waals surface area contributed by atoms with Gasteiger partial charge in [0.2, 0.25) is 17.6 Å². The second kappa shape index (κ2) is 38.9. The quantitative estimate of drug-likeness (QED) is 0.0639. The van der Waals surface area contributed by atoms with Crippen LogP contribution in [0.15, 0.2) is 24.3 Å². The van der Waals surface area contributed by atoms with Crippen LogP contribution in [0.3, 0.4) is 0 Å². The van der Waals surface area contributed by atoms with Crippen LogP contribution in [0.1, 0.15) is 246 Å². The summed E-state index contributed by atoms with van der Waals surface area (Å²) >= 11 is 0. The minimum Gasteiger partial charge on any atom is -0.490 e. The van der Waals surface area contributed by atoms with Crippen molar-refractivity contribution >= 4 is 23.5 Å². The molecule has 1 heterocycles. The van der Waals surface area contributed by atoms with Crippen molar-refractivity contribution in [1.82, 2.24) is 4.98 Å². The Balaban J connectivity index is 2.21. The molecule has 0 saturated carbocycles. The van der Waals surface area contributed by atoms with E-state index in [9.17, 15) is 9.59 Å². The zero-order valence-electron chi connectivity index (χ0n) is 41.2. The fourth-order valence-electron chi connectivity index (χ4n) is 7.72. The maximum atomic E-state index is 12.3. The van der Waals surface area contributed by atoms with E-state index in [1.54, 1.807) is 26.0 Å². The molecule has 0 bridgehead atoms. The molecule has 2 amide bonds. The standard InChI is InChI=1S/C54H93N3O6/c1-6-11-14-17-20-23-26-29-32-35-38-60-48-41-46(45-63-47-43-50(56-52(58)9-4)55-51(44-47)57-53(59)10-5)42-49(61-39-36-33-30-27-24-21-18-15-12-7-2)54(48)62-40-37-34-31-28-25-22-19-16-13-8-3/h41-44H,6-40,45H2,1-5H3,(H2,55,56,57,58,59). The van der Waals surface area contributed by atoms with Crippen molar-refractivity contribution in [3.63, 3.8) is 0 Å². The fraction of sp³-hybridized carbons (Fsp3) is 0.759. The Morgan fingerprint density at radius 1 is 0.413 bits per heavy atom. The number of benzene rings is 1. The number of amides is 2. The average Bonchev–Trinajstić information content (AvgIpc) is 3.28. The van der Waals surface area contributed by atoms with Gasteiger partial charge in [-0.25, -0.2) is 4.98 Å². The molecule has 9 nitrogen and oxygen atoms in total. The number of rotatable bonds is 43. The van der Waals surface area contributed by atoms with Gasteiger partial charge < -0.3 is 29.6 Å². The summed E-state index contributed by atoms with van der Waals surface area (Å²) in [5.41, 5.74) is 0.882. The van der Waals surface area contributed by atoms with Crippen LogP contribution < -0.4 is 29.6 Å². The first-order chi connectivity index (χ1) is 30.9. The van der Waals surface area contributed by atoms with Gasteiger partial charge in [0.25, 0.3) is 0 Å². The van der Waals surface area contributed by atoms with E-state index in [-0.39, 0.29) is 18.4 Å². The summed E-state index contributed by atoms with van der Waals surface area (Å²) in [7, 11) is 0. The molecule has 0 aliphatic rings. The molecular formula is C54H93N3O6. The number of nitrogens with one attached hydrogen (secondary N) is 2. The Hall–Kier alpha value is -3.49. The van der Waals surface area contributed by atoms with Crippen LogP contribution in [0.2, 0.25) is 0 Å². The predicted molar refractivity (Wildman–Crippen MR) is 265 cm³/mol. The van der Waals surface area contributed by atoms with Crippen molar-refractivity contribution in [1.29, 1.82) is 0 Å². The smallest absolute Gasteiger partial charge is 0.225 e. The molecule has 2 rings (SSSR count). The van der Waals surface area contributed by atoms with Crippen LogP contribution in [0.25, 0.3) is 0 Å². The highest BCUT2D eigenvalue weighted by Gasteiger charge is 2.18. The summed E-state index contributed by atoms with van der Waals surface area (Å²) in [5.74, 6) is 2.85. The molecule has 9 heteroatoms. The molecule has 2 N–H and O–H groups in total. The van der Waals surface area contributed by atoms with Crippen LogP contribution in [0.5, 0.6) is 23.0 Å². The second-order valence-corrected chi connectivity index (χ2v) is 17.7. The van der Waals surface area contributed by atoms with E-state index < -0.39 is 0 Å². The van der Waals surface area contributed by atoms with Gasteiger partial charge in [-0.1, -0.05) is 208 Å². The molecule has 63 heavy (non-hydrogen) atoms. The van der Waals surface area contributed by atoms with Gasteiger partial charge >= 0.3 is 0 Å². The number of nitrogens with zero attached hydrogens (tertiary/aromatic N) is 1. The van der Waals surface area contributed by atoms with E-state index in [1.807, 2.05) is 12.1 Å². The molecule has 0 atom stereocenters. The Bertz CT molecular complexity index is 1350. The molecule has 0 aliphatic carbocycles. The van der Waals surface area contributed by atoms with Gasteiger partial charge in [0, 0.05) is 25.0 Å². The summed E-state index contributed by atoms with van der Waals surface area (Å²) in [6, 6.07) is 7.42. The number of pyridine rings is 1. The van der Waals surface area contributed by atoms with Crippen LogP contribution in [-0.2, 0) is 16.2 Å². The first kappa shape index (κ1) is 55.6. The number of unbranched alkanes of at least 4 members (excludes halogenated alkanes) is 27. The number of hydrogen-bond acceptors (Lipinski definition) is 7. The molecule has 0 unspecified atom stereocenters. The number of carbonyl (C=O) groups is 2. The Morgan fingerprint density at radius 3 is 1.06 bits per heavy atom. The van der Waals surface area contributed by atoms with Crippen LogP contribution in [-0.4, -0.2) is 36.6 Å². The Labute approximate surface area is 385 Å². The zero-order valence-corrected chi connectivity index (χ0v) is 41.2. The van der Waals surface area contributed by atoms with Crippen molar-refractivity contribution in [2.45, 2.75) is 247 Å². The molecule has 0 saturated heterocycles. The van der Waals surface area contributed by atoms with Crippen LogP contribution in [0, 0.1) is 0 Å². The van der Waals surface area contributed by atoms with E-state index in [4.69, 9.17) is 18.9 Å². The van der Waals surface area contributed by atoms with E-state index >= 15 is 0 Å². The molecule has 0 spiro atoms. The third kappa shape index (κ3) is 28.8. The minimum atomic E-state index is -0.172. The van der Waals surface area contributed by atoms with Crippen molar-refractivity contribution in [3.05, 3.63) is 29.8 Å². The van der Waals surface area contributed by atoms with Crippen molar-refractivity contribution in [3.8, 4) is 23.0 Å². The van der Waals surface area contributed by atoms with Gasteiger partial charge in [0.15, 0.2) is 11.5 Å². The van der Waals surface area contributed by atoms with E-state index in [1.165, 1.54) is 154 Å². The molecule has 0 fully saturated rings. The minimum absolute atomic E-state index is 0.172. The SMILES string of the molecule is CCCCCCCCCCCCOc1cc(COc2cc(NC(=O)CC)nc(NC(=O)CC)c2)cc(OCCCCCCCCCCCC)c1OCCCCCCCCCCCC. The number of hydrogen-bond donors (Lipinski definition) is 2. The topological polar surface area (TPSA) is 108 Å². The lowest BCUT2D eigenvalue weighted by molar-refractivity contribution is -0.116. The molecule has 1 aromatic heterocycles. The van der Waals surface area contributed by atoms with Crippen LogP contribution >= 0.6 is 0 Å². The summed E-state index contributed by atoms with van der Waals surface area (Å²) < 4.78 is 26.1. The summed E-state index contributed by atoms with van der Waals surface area (Å²) in [6.07, 6.45) is 38.7. The highest BCUT2D eigenvalue weighted by Crippen LogP contribution is 2.40. The molecule has 0 aliphatic heterocycles. The zero-order chi connectivity index (χ0) is 45.4. The largest absolute Gasteiger partial charge is 0.490 e. The van der Waals surface area contributed by atoms with E-state index in [2.05, 4.69) is 36.4 Å². The summed E-state index contributed by atoms with van der Waals surface area (Å²) in [4.78, 5) is 29.0. The third-order valence-electron chi connectivity index (χ3n) is 11.7. The first-order valence-corrected chi connectivity index (χ1v) is 26.2. The monoisotopic (exact) mass is 880 g/mol. The molecule has 1 aromatic carbocycles. The highest BCUT2D eigenvalue weighted by atomic mass is 16.5. The average molecular weight is 880 g/mol. The lowest BCUT2D eigenvalue weighted by Gasteiger charge is -2.19. The van der Waals surface area contributed by atoms with Crippen molar-refractivity contribution < 1.29 is 28.5 Å². The lowest BCUT2D eigenvalue weighted by Crippen LogP contribution is -2.14. The maximum absolute atomic E-state index is 12.3. The first-order valence-electron chi connectivity index (χ1n) is 26.2. The van der Waals surface area contributed by atoms with Gasteiger partial charge in [-0.2, -0.15) is 0 Å². The summed E-state index contributed by atoms with van der Waals surface area (Å²) in [6.45, 7) is 12.4. The number of ether oxygens (including phenoxy) is 4. The maximum Gasteiger partial charge on any atom is 0.225 e. The highest BCUT2D eigenvalue weighted by molar-refractivity contribution is 5.92. The molecular weight excluding hydrogens is 787 g/mol. The van der Waals surface area contributed by atoms with E-state index in [0.29, 0.717) is 67.3 Å². The lowest BCUT2D eigenvalue weighted by atomic mass is 10.1. The second-order valence-electron chi connectivity index (χ2n) is 17.7. The third-order valence-corrected chi connectivity index (χ3v) is 11.7. The van der Waals surface area contributed by atoms with Gasteiger partial charge in [0.1, 0.15) is 24.0 Å². The number of carbonyl (C=O) groups excluding carboxylic acids is 2. The van der Waals surface area contributed by atoms with Crippen molar-refractivity contribution in [2.24, 2.45) is 0 Å². The number of aromatic nitrogens is 1. The Kier molecular flexibility index (Phi) is 34.4. The predicted octanol–water partition coefficient (Wildman–Crippen LogP) is 16.3. The fourth-order valence-corrected chi connectivity index (χ4v) is 7.72. The van der Waals surface area contributed by atoms with Gasteiger partial charge in [-0.15, -0.1) is 0 Å². The van der Waals surface area contributed by atoms with Gasteiger partial charge in [-0.05, 0) is 37.0 Å². The Morgan fingerprint density at radius 2 is 0.730 bits per heavy atom. The number of anilines is 2. The molecule has 2 aromatic rings. The van der Waals surface area contributed by atoms with Gasteiger partial charge in [0.05, 0.1) is 19.8 Å². The van der Waals surface area contributed by atoms with E-state index in [0.717, 1.165) is 44.1 Å².